The summed E-state index contributed by atoms with van der Waals surface area (Å²) in [5.74, 6) is 4.69. The van der Waals surface area contributed by atoms with E-state index in [9.17, 15) is 0 Å². The molecule has 0 aliphatic heterocycles. The van der Waals surface area contributed by atoms with Crippen LogP contribution in [-0.4, -0.2) is 16.1 Å². The first-order valence-corrected chi connectivity index (χ1v) is 22.9. The number of hydrogen-bond donors (Lipinski definition) is 0. The van der Waals surface area contributed by atoms with E-state index in [4.69, 9.17) is 0 Å². The molecule has 0 saturated heterocycles. The van der Waals surface area contributed by atoms with E-state index < -0.39 is 16.1 Å². The molecule has 0 N–H and O–H groups in total. The molecule has 0 heterocycles. The van der Waals surface area contributed by atoms with E-state index in [-0.39, 0.29) is 52.6 Å². The Labute approximate surface area is 303 Å². The summed E-state index contributed by atoms with van der Waals surface area (Å²) in [5, 5.41) is 0. The molecule has 0 aromatic carbocycles. The fraction of sp³-hybridized carbons (Fsp3) is 0.650. The van der Waals surface area contributed by atoms with Gasteiger partial charge in [-0.1, -0.05) is 108 Å². The summed E-state index contributed by atoms with van der Waals surface area (Å²) in [4.78, 5) is 0. The van der Waals surface area contributed by atoms with Crippen LogP contribution in [0.2, 0.25) is 48.4 Å². The quantitative estimate of drug-likeness (QED) is 0.150. The van der Waals surface area contributed by atoms with Crippen LogP contribution in [0, 0.1) is 44.4 Å². The minimum absolute atomic E-state index is 0. The third-order valence-electron chi connectivity index (χ3n) is 13.1. The van der Waals surface area contributed by atoms with Crippen molar-refractivity contribution < 1.29 is 37.7 Å². The maximum atomic E-state index is 3.94. The fourth-order valence-corrected chi connectivity index (χ4v) is 19.9. The van der Waals surface area contributed by atoms with Crippen molar-refractivity contribution in [2.75, 3.05) is 0 Å². The predicted molar refractivity (Wildman–Crippen MR) is 200 cm³/mol. The molecule has 2 saturated carbocycles. The van der Waals surface area contributed by atoms with Crippen molar-refractivity contribution in [3.05, 3.63) is 86.3 Å². The zero-order chi connectivity index (χ0) is 30.2. The Balaban J connectivity index is 0. The van der Waals surface area contributed by atoms with Crippen LogP contribution < -0.4 is 37.7 Å². The molecule has 0 radical (unpaired) electrons. The van der Waals surface area contributed by atoms with Crippen molar-refractivity contribution in [1.29, 1.82) is 0 Å². The summed E-state index contributed by atoms with van der Waals surface area (Å²) in [6.45, 7) is 37.8. The molecule has 0 aromatic heterocycles. The fourth-order valence-electron chi connectivity index (χ4n) is 9.91. The van der Waals surface area contributed by atoms with Crippen LogP contribution in [0.4, 0.5) is 0 Å². The van der Waals surface area contributed by atoms with Gasteiger partial charge in [0.2, 0.25) is 0 Å². The minimum atomic E-state index is -1.43. The summed E-state index contributed by atoms with van der Waals surface area (Å²) in [6.07, 6.45) is 18.1. The molecule has 0 spiro atoms. The van der Waals surface area contributed by atoms with Crippen molar-refractivity contribution in [3.8, 4) is 0 Å². The van der Waals surface area contributed by atoms with E-state index in [1.165, 1.54) is 42.4 Å². The maximum Gasteiger partial charge on any atom is 1.00 e. The van der Waals surface area contributed by atoms with Crippen LogP contribution >= 0.6 is 0 Å². The van der Waals surface area contributed by atoms with Gasteiger partial charge in [0.1, 0.15) is 0 Å². The SMILES string of the molecule is C=CCC1=CC([Si](C)(C)C2C(C)=C(C)C(C)=C2C)C=C1.C=CCC1CCC([Si](C)(C)C2C(C)C(C)C(C)C2C)C1.[CH3-].[CH3-].[Li+].[Li+]. The monoisotopic (exact) mass is 621 g/mol. The van der Waals surface area contributed by atoms with Crippen molar-refractivity contribution in [2.24, 2.45) is 29.6 Å². The first-order valence-electron chi connectivity index (χ1n) is 16.6. The minimum Gasteiger partial charge on any atom is -0.358 e. The third kappa shape index (κ3) is 9.15. The molecule has 44 heavy (non-hydrogen) atoms. The Morgan fingerprint density at radius 3 is 1.70 bits per heavy atom. The van der Waals surface area contributed by atoms with Gasteiger partial charge < -0.3 is 14.9 Å². The molecule has 0 aromatic rings. The molecule has 0 nitrogen and oxygen atoms in total. The van der Waals surface area contributed by atoms with Crippen molar-refractivity contribution in [3.63, 3.8) is 0 Å². The van der Waals surface area contributed by atoms with E-state index in [0.29, 0.717) is 11.1 Å². The standard InChI is InChI=1S/C19H36Si.C19H28Si.2CH3.2Li/c2*1-8-9-17-10-11-18(12-17)20(6,7)19-15(4)13(2)14(3)16(19)5;;;;/h8,13-19H,1,9-12H2,2-7H3;8,10-12,18-19H,1,9H2,2-7H3;2*1H3;;/q;;2*-1;2*+1. The van der Waals surface area contributed by atoms with Gasteiger partial charge in [0.15, 0.2) is 0 Å². The van der Waals surface area contributed by atoms with Gasteiger partial charge in [0, 0.05) is 0 Å². The first kappa shape index (κ1) is 46.2. The third-order valence-corrected chi connectivity index (χ3v) is 22.9. The van der Waals surface area contributed by atoms with Crippen LogP contribution in [-0.2, 0) is 0 Å². The molecule has 2 fully saturated rings. The Hall–Kier alpha value is 0.0686. The van der Waals surface area contributed by atoms with E-state index in [1.54, 1.807) is 11.1 Å². The molecular weight excluding hydrogens is 550 g/mol. The first-order chi connectivity index (χ1) is 18.6. The molecule has 4 aliphatic carbocycles. The molecule has 4 heteroatoms. The van der Waals surface area contributed by atoms with Crippen LogP contribution in [0.1, 0.15) is 87.5 Å². The summed E-state index contributed by atoms with van der Waals surface area (Å²) >= 11 is 0. The largest absolute Gasteiger partial charge is 1.00 e. The van der Waals surface area contributed by atoms with Gasteiger partial charge in [0.05, 0.1) is 16.1 Å². The molecule has 4 rings (SSSR count). The maximum absolute atomic E-state index is 3.94. The molecule has 0 amide bonds. The molecule has 7 unspecified atom stereocenters. The molecule has 240 valence electrons. The molecule has 7 atom stereocenters. The Kier molecular flexibility index (Phi) is 19.5. The normalized spacial score (nSPS) is 31.7. The van der Waals surface area contributed by atoms with Gasteiger partial charge in [-0.3, -0.25) is 0 Å². The van der Waals surface area contributed by atoms with Gasteiger partial charge in [0.25, 0.3) is 0 Å². The van der Waals surface area contributed by atoms with Crippen LogP contribution in [0.3, 0.4) is 0 Å². The molecule has 0 bridgehead atoms. The molecule has 4 aliphatic rings. The summed E-state index contributed by atoms with van der Waals surface area (Å²) in [7, 11) is -2.58. The average molecular weight is 621 g/mol. The van der Waals surface area contributed by atoms with Crippen molar-refractivity contribution in [2.45, 2.75) is 136 Å². The predicted octanol–water partition coefficient (Wildman–Crippen LogP) is 7.47. The van der Waals surface area contributed by atoms with Gasteiger partial charge >= 0.3 is 37.7 Å². The number of allylic oxidation sites excluding steroid dienone is 10. The zero-order valence-corrected chi connectivity index (χ0v) is 34.5. The van der Waals surface area contributed by atoms with Crippen LogP contribution in [0.15, 0.2) is 71.4 Å². The van der Waals surface area contributed by atoms with Crippen LogP contribution in [0.5, 0.6) is 0 Å². The van der Waals surface area contributed by atoms with Gasteiger partial charge in [-0.2, -0.15) is 0 Å². The summed E-state index contributed by atoms with van der Waals surface area (Å²) in [6, 6.07) is 0. The van der Waals surface area contributed by atoms with Crippen molar-refractivity contribution >= 4 is 16.1 Å². The number of rotatable bonds is 8. The Morgan fingerprint density at radius 1 is 0.750 bits per heavy atom. The van der Waals surface area contributed by atoms with Crippen LogP contribution in [0.25, 0.3) is 0 Å². The van der Waals surface area contributed by atoms with E-state index in [0.717, 1.165) is 47.1 Å². The second-order valence-corrected chi connectivity index (χ2v) is 25.7. The summed E-state index contributed by atoms with van der Waals surface area (Å²) in [5.41, 5.74) is 11.2. The van der Waals surface area contributed by atoms with Crippen molar-refractivity contribution in [1.82, 2.24) is 0 Å². The zero-order valence-electron chi connectivity index (χ0n) is 32.5. The van der Waals surface area contributed by atoms with E-state index in [2.05, 4.69) is 119 Å². The van der Waals surface area contributed by atoms with E-state index >= 15 is 0 Å². The van der Waals surface area contributed by atoms with Gasteiger partial charge in [-0.25, -0.2) is 0 Å². The Bertz CT molecular complexity index is 1040. The second kappa shape index (κ2) is 18.6. The Morgan fingerprint density at radius 2 is 1.25 bits per heavy atom. The number of hydrogen-bond acceptors (Lipinski definition) is 0. The average Bonchev–Trinajstić information content (AvgIpc) is 3.64. The van der Waals surface area contributed by atoms with Gasteiger partial charge in [-0.05, 0) is 115 Å². The summed E-state index contributed by atoms with van der Waals surface area (Å²) < 4.78 is 0. The second-order valence-electron chi connectivity index (χ2n) is 15.7. The van der Waals surface area contributed by atoms with Gasteiger partial charge in [-0.15, -0.1) is 13.2 Å². The topological polar surface area (TPSA) is 0 Å². The van der Waals surface area contributed by atoms with E-state index in [1.807, 2.05) is 6.08 Å². The molecular formula is C40H70Li2Si2. The smallest absolute Gasteiger partial charge is 0.358 e.